The molecule has 0 aliphatic rings. The number of rotatable bonds is 0. The van der Waals surface area contributed by atoms with Gasteiger partial charge < -0.3 is 4.89 Å². The van der Waals surface area contributed by atoms with Crippen LogP contribution >= 0.6 is 8.69 Å². The van der Waals surface area contributed by atoms with Crippen molar-refractivity contribution in [1.29, 1.82) is 0 Å². The minimum Gasteiger partial charge on any atom is -0.310 e. The largest absolute Gasteiger partial charge is 0.324 e. The molecule has 0 heterocycles. The molecule has 2 nitrogen and oxygen atoms in total. The minimum absolute atomic E-state index is 0. The van der Waals surface area contributed by atoms with Crippen LogP contribution in [0, 0.1) is 6.92 Å². The van der Waals surface area contributed by atoms with Gasteiger partial charge in [0.1, 0.15) is 0 Å². The van der Waals surface area contributed by atoms with Gasteiger partial charge in [0.05, 0.1) is 0 Å². The zero-order valence-electron chi connectivity index (χ0n) is 4.00. The first kappa shape index (κ1) is 15.7. The summed E-state index contributed by atoms with van der Waals surface area (Å²) in [6, 6.07) is 0. The Hall–Kier alpha value is 0.293. The fraction of sp³-hybridized carbons (Fsp3) is 0. The van der Waals surface area contributed by atoms with Gasteiger partial charge in [0, 0.05) is 19.5 Å². The Balaban J connectivity index is -0.0000000400. The van der Waals surface area contributed by atoms with Crippen molar-refractivity contribution in [3.63, 3.8) is 0 Å². The van der Waals surface area contributed by atoms with Crippen LogP contribution in [0.15, 0.2) is 12.7 Å². The predicted molar refractivity (Wildman–Crippen MR) is 25.4 cm³/mol. The fourth-order valence-corrected chi connectivity index (χ4v) is 0. The van der Waals surface area contributed by atoms with Crippen molar-refractivity contribution >= 4 is 8.69 Å². The molecule has 0 atom stereocenters. The second-order valence-corrected chi connectivity index (χ2v) is 0.534. The van der Waals surface area contributed by atoms with E-state index in [9.17, 15) is 0 Å². The maximum atomic E-state index is 8.46. The fourth-order valence-electron chi connectivity index (χ4n) is 0. The van der Waals surface area contributed by atoms with Gasteiger partial charge in [-0.05, 0) is 0 Å². The molecule has 0 aliphatic heterocycles. The molecule has 0 amide bonds. The van der Waals surface area contributed by atoms with Gasteiger partial charge in [0.25, 0.3) is 0 Å². The van der Waals surface area contributed by atoms with E-state index in [0.717, 1.165) is 0 Å². The Bertz CT molecular complexity index is 33.9. The summed E-state index contributed by atoms with van der Waals surface area (Å²) in [5.74, 6) is 0. The monoisotopic (exact) mass is 169 g/mol. The predicted octanol–water partition coefficient (Wildman–Crippen LogP) is 1.19. The molecule has 0 fully saturated rings. The summed E-state index contributed by atoms with van der Waals surface area (Å²) in [7, 11) is -0.833. The molecular formula is C3H6O2PZn-. The van der Waals surface area contributed by atoms with Crippen LogP contribution in [0.1, 0.15) is 0 Å². The minimum atomic E-state index is -0.833. The third kappa shape index (κ3) is 1350. The van der Waals surface area contributed by atoms with E-state index < -0.39 is 8.69 Å². The summed E-state index contributed by atoms with van der Waals surface area (Å²) in [5, 5.41) is 0. The van der Waals surface area contributed by atoms with E-state index in [1.165, 1.54) is 6.08 Å². The molecule has 0 radical (unpaired) electrons. The molecule has 0 rings (SSSR count). The van der Waals surface area contributed by atoms with E-state index in [1.54, 1.807) is 0 Å². The van der Waals surface area contributed by atoms with Gasteiger partial charge in [0.15, 0.2) is 0 Å². The van der Waals surface area contributed by atoms with Crippen LogP contribution in [-0.4, -0.2) is 4.89 Å². The van der Waals surface area contributed by atoms with E-state index in [1.807, 2.05) is 0 Å². The zero-order valence-corrected chi connectivity index (χ0v) is 7.86. The molecule has 0 aromatic rings. The molecule has 0 unspecified atom stereocenters. The molecule has 1 N–H and O–H groups in total. The van der Waals surface area contributed by atoms with Gasteiger partial charge in [-0.15, -0.1) is 0 Å². The van der Waals surface area contributed by atoms with Crippen LogP contribution < -0.4 is 0 Å². The van der Waals surface area contributed by atoms with Crippen LogP contribution in [0.5, 0.6) is 0 Å². The zero-order chi connectivity index (χ0) is 5.41. The van der Waals surface area contributed by atoms with Gasteiger partial charge in [-0.3, -0.25) is 0 Å². The van der Waals surface area contributed by atoms with Gasteiger partial charge >= 0.3 is 8.69 Å². The first-order chi connectivity index (χ1) is 2.83. The maximum Gasteiger partial charge on any atom is 0.324 e. The van der Waals surface area contributed by atoms with Gasteiger partial charge in [-0.25, -0.2) is 24.1 Å². The molecule has 7 heavy (non-hydrogen) atoms. The molecule has 0 aromatic carbocycles. The van der Waals surface area contributed by atoms with E-state index in [-0.39, 0.29) is 19.5 Å². The van der Waals surface area contributed by atoms with Crippen LogP contribution in [0.3, 0.4) is 0 Å². The molecule has 4 heteroatoms. The average molecular weight is 170 g/mol. The van der Waals surface area contributed by atoms with Crippen molar-refractivity contribution in [2.75, 3.05) is 0 Å². The second kappa shape index (κ2) is 33.5. The molecule has 0 aliphatic carbocycles. The Labute approximate surface area is 57.7 Å². The number of hydrogen-bond donors (Lipinski definition) is 1. The van der Waals surface area contributed by atoms with E-state index in [2.05, 4.69) is 13.5 Å². The van der Waals surface area contributed by atoms with Crippen molar-refractivity contribution in [2.24, 2.45) is 0 Å². The standard InChI is InChI=1S/C3H5.HO2P.Zn/c2*1-3-2;/h3H,1-2H2;(H,1,2);/q-1;;. The van der Waals surface area contributed by atoms with Crippen LogP contribution in [-0.2, 0) is 24.0 Å². The third-order valence-electron chi connectivity index (χ3n) is 0. The number of allylic oxidation sites excluding steroid dienone is 1. The SMILES string of the molecule is C=C[CH2-].O=PO.[Zn]. The van der Waals surface area contributed by atoms with Crippen molar-refractivity contribution in [3.05, 3.63) is 19.6 Å². The maximum absolute atomic E-state index is 8.46. The summed E-state index contributed by atoms with van der Waals surface area (Å²) >= 11 is 0. The van der Waals surface area contributed by atoms with Crippen molar-refractivity contribution in [2.45, 2.75) is 0 Å². The molecule has 0 aromatic heterocycles. The summed E-state index contributed by atoms with van der Waals surface area (Å²) < 4.78 is 8.46. The molecule has 0 saturated carbocycles. The summed E-state index contributed by atoms with van der Waals surface area (Å²) in [6.45, 7) is 6.50. The Morgan fingerprint density at radius 3 is 1.86 bits per heavy atom. The summed E-state index contributed by atoms with van der Waals surface area (Å²) in [6.07, 6.45) is 1.50. The Kier molecular flexibility index (Phi) is 75.1. The first-order valence-electron chi connectivity index (χ1n) is 1.20. The van der Waals surface area contributed by atoms with Crippen molar-refractivity contribution < 1.29 is 28.9 Å². The van der Waals surface area contributed by atoms with Crippen molar-refractivity contribution in [1.82, 2.24) is 0 Å². The normalized spacial score (nSPS) is 4.71. The summed E-state index contributed by atoms with van der Waals surface area (Å²) in [5.41, 5.74) is 0. The quantitative estimate of drug-likeness (QED) is 0.337. The Morgan fingerprint density at radius 1 is 1.86 bits per heavy atom. The van der Waals surface area contributed by atoms with Crippen LogP contribution in [0.25, 0.3) is 0 Å². The van der Waals surface area contributed by atoms with E-state index in [4.69, 9.17) is 9.46 Å². The van der Waals surface area contributed by atoms with Gasteiger partial charge in [-0.2, -0.15) is 0 Å². The Morgan fingerprint density at radius 2 is 1.86 bits per heavy atom. The topological polar surface area (TPSA) is 37.3 Å². The third-order valence-corrected chi connectivity index (χ3v) is 0. The summed E-state index contributed by atoms with van der Waals surface area (Å²) in [4.78, 5) is 6.99. The smallest absolute Gasteiger partial charge is 0.310 e. The second-order valence-electron chi connectivity index (χ2n) is 0.370. The van der Waals surface area contributed by atoms with Crippen LogP contribution in [0.4, 0.5) is 0 Å². The molecular weight excluding hydrogens is 164 g/mol. The molecule has 0 bridgehead atoms. The molecule has 38 valence electrons. The van der Waals surface area contributed by atoms with Gasteiger partial charge in [0.2, 0.25) is 0 Å². The van der Waals surface area contributed by atoms with E-state index >= 15 is 0 Å². The van der Waals surface area contributed by atoms with Crippen molar-refractivity contribution in [3.8, 4) is 0 Å². The van der Waals surface area contributed by atoms with Gasteiger partial charge in [-0.1, -0.05) is 0 Å². The average Bonchev–Trinajstić information content (AvgIpc) is 1.39. The number of hydrogen-bond acceptors (Lipinski definition) is 1. The molecule has 0 saturated heterocycles. The molecule has 0 spiro atoms. The van der Waals surface area contributed by atoms with E-state index in [0.29, 0.717) is 0 Å². The van der Waals surface area contributed by atoms with Crippen LogP contribution in [0.2, 0.25) is 0 Å². The first-order valence-corrected chi connectivity index (χ1v) is 1.96.